The molecule has 2 aromatic carbocycles. The molecule has 134 valence electrons. The third-order valence-corrected chi connectivity index (χ3v) is 4.04. The quantitative estimate of drug-likeness (QED) is 0.604. The fourth-order valence-corrected chi connectivity index (χ4v) is 2.63. The molecule has 0 spiro atoms. The molecule has 0 heterocycles. The first-order valence-electron chi connectivity index (χ1n) is 8.54. The number of carbonyl (C=O) groups excluding carboxylic acids is 1. The van der Waals surface area contributed by atoms with Gasteiger partial charge in [0.2, 0.25) is 0 Å². The summed E-state index contributed by atoms with van der Waals surface area (Å²) in [6, 6.07) is 16.7. The standard InChI is InChI=1S/C21H23N3O2/c1-4-24(5-2)19-12-11-16(20(14-19)26-3)13-17(15-22)21(25)23-18-9-7-6-8-10-18/h6-14H,4-5H2,1-3H3,(H,23,25)/b17-13+. The smallest absolute Gasteiger partial charge is 0.266 e. The first-order chi connectivity index (χ1) is 12.6. The number of para-hydroxylation sites is 1. The van der Waals surface area contributed by atoms with Crippen LogP contribution in [0.4, 0.5) is 11.4 Å². The van der Waals surface area contributed by atoms with E-state index in [2.05, 4.69) is 24.1 Å². The molecule has 0 aliphatic carbocycles. The molecule has 0 unspecified atom stereocenters. The third kappa shape index (κ3) is 4.64. The van der Waals surface area contributed by atoms with E-state index >= 15 is 0 Å². The number of nitrogens with one attached hydrogen (secondary N) is 1. The van der Waals surface area contributed by atoms with Crippen LogP contribution in [0.2, 0.25) is 0 Å². The van der Waals surface area contributed by atoms with Gasteiger partial charge in [0.25, 0.3) is 5.91 Å². The Hall–Kier alpha value is -3.26. The second kappa shape index (κ2) is 9.28. The average Bonchev–Trinajstić information content (AvgIpc) is 2.68. The molecule has 2 aromatic rings. The molecule has 0 radical (unpaired) electrons. The lowest BCUT2D eigenvalue weighted by Crippen LogP contribution is -2.21. The van der Waals surface area contributed by atoms with Gasteiger partial charge in [0, 0.05) is 36.1 Å². The van der Waals surface area contributed by atoms with E-state index in [9.17, 15) is 10.1 Å². The topological polar surface area (TPSA) is 65.4 Å². The number of rotatable bonds is 7. The van der Waals surface area contributed by atoms with Crippen LogP contribution in [0.25, 0.3) is 6.08 Å². The SMILES string of the molecule is CCN(CC)c1ccc(/C=C(\C#N)C(=O)Nc2ccccc2)c(OC)c1. The Bertz CT molecular complexity index is 819. The molecule has 0 saturated heterocycles. The predicted molar refractivity (Wildman–Crippen MR) is 105 cm³/mol. The maximum atomic E-state index is 12.4. The molecule has 1 N–H and O–H groups in total. The molecule has 0 aliphatic rings. The minimum Gasteiger partial charge on any atom is -0.496 e. The van der Waals surface area contributed by atoms with Gasteiger partial charge in [0.1, 0.15) is 17.4 Å². The van der Waals surface area contributed by atoms with E-state index in [4.69, 9.17) is 4.74 Å². The lowest BCUT2D eigenvalue weighted by molar-refractivity contribution is -0.112. The third-order valence-electron chi connectivity index (χ3n) is 4.04. The van der Waals surface area contributed by atoms with Crippen LogP contribution in [0.3, 0.4) is 0 Å². The van der Waals surface area contributed by atoms with E-state index in [1.54, 1.807) is 25.3 Å². The Labute approximate surface area is 154 Å². The summed E-state index contributed by atoms with van der Waals surface area (Å²) < 4.78 is 5.46. The maximum absolute atomic E-state index is 12.4. The highest BCUT2D eigenvalue weighted by atomic mass is 16.5. The second-order valence-electron chi connectivity index (χ2n) is 5.59. The van der Waals surface area contributed by atoms with E-state index in [-0.39, 0.29) is 5.57 Å². The summed E-state index contributed by atoms with van der Waals surface area (Å²) in [7, 11) is 1.58. The fourth-order valence-electron chi connectivity index (χ4n) is 2.63. The molecule has 0 bridgehead atoms. The Morgan fingerprint density at radius 2 is 1.88 bits per heavy atom. The monoisotopic (exact) mass is 349 g/mol. The summed E-state index contributed by atoms with van der Waals surface area (Å²) >= 11 is 0. The Kier molecular flexibility index (Phi) is 6.81. The van der Waals surface area contributed by atoms with E-state index in [1.807, 2.05) is 42.5 Å². The van der Waals surface area contributed by atoms with Crippen molar-refractivity contribution in [1.29, 1.82) is 5.26 Å². The zero-order chi connectivity index (χ0) is 18.9. The Morgan fingerprint density at radius 3 is 2.46 bits per heavy atom. The molecular weight excluding hydrogens is 326 g/mol. The molecule has 5 heteroatoms. The van der Waals surface area contributed by atoms with Crippen LogP contribution in [0.15, 0.2) is 54.1 Å². The minimum atomic E-state index is -0.450. The van der Waals surface area contributed by atoms with Crippen molar-refractivity contribution in [1.82, 2.24) is 0 Å². The van der Waals surface area contributed by atoms with E-state index in [0.717, 1.165) is 18.8 Å². The van der Waals surface area contributed by atoms with E-state index in [1.165, 1.54) is 0 Å². The summed E-state index contributed by atoms with van der Waals surface area (Å²) in [5, 5.41) is 12.1. The Morgan fingerprint density at radius 1 is 1.19 bits per heavy atom. The van der Waals surface area contributed by atoms with E-state index < -0.39 is 5.91 Å². The van der Waals surface area contributed by atoms with Crippen LogP contribution < -0.4 is 15.0 Å². The molecule has 0 aliphatic heterocycles. The first kappa shape index (κ1) is 19.1. The number of nitriles is 1. The highest BCUT2D eigenvalue weighted by Gasteiger charge is 2.12. The van der Waals surface area contributed by atoms with Crippen LogP contribution in [0.1, 0.15) is 19.4 Å². The van der Waals surface area contributed by atoms with Gasteiger partial charge in [-0.3, -0.25) is 4.79 Å². The van der Waals surface area contributed by atoms with Gasteiger partial charge in [-0.05, 0) is 44.2 Å². The number of anilines is 2. The van der Waals surface area contributed by atoms with Gasteiger partial charge in [-0.15, -0.1) is 0 Å². The van der Waals surface area contributed by atoms with Gasteiger partial charge >= 0.3 is 0 Å². The molecule has 0 saturated carbocycles. The summed E-state index contributed by atoms with van der Waals surface area (Å²) in [5.74, 6) is 0.170. The molecule has 0 aromatic heterocycles. The number of nitrogens with zero attached hydrogens (tertiary/aromatic N) is 2. The van der Waals surface area contributed by atoms with Crippen molar-refractivity contribution in [2.75, 3.05) is 30.4 Å². The van der Waals surface area contributed by atoms with Gasteiger partial charge in [-0.2, -0.15) is 5.26 Å². The van der Waals surface area contributed by atoms with E-state index in [0.29, 0.717) is 17.0 Å². The number of benzene rings is 2. The van der Waals surface area contributed by atoms with Gasteiger partial charge in [-0.25, -0.2) is 0 Å². The maximum Gasteiger partial charge on any atom is 0.266 e. The predicted octanol–water partition coefficient (Wildman–Crippen LogP) is 4.09. The summed E-state index contributed by atoms with van der Waals surface area (Å²) in [4.78, 5) is 14.6. The van der Waals surface area contributed by atoms with Gasteiger partial charge in [0.05, 0.1) is 7.11 Å². The van der Waals surface area contributed by atoms with Crippen LogP contribution in [-0.2, 0) is 4.79 Å². The van der Waals surface area contributed by atoms with Crippen molar-refractivity contribution in [2.45, 2.75) is 13.8 Å². The second-order valence-corrected chi connectivity index (χ2v) is 5.59. The van der Waals surface area contributed by atoms with Crippen molar-refractivity contribution < 1.29 is 9.53 Å². The lowest BCUT2D eigenvalue weighted by Gasteiger charge is -2.22. The normalized spacial score (nSPS) is 10.8. The number of amides is 1. The van der Waals surface area contributed by atoms with Gasteiger partial charge in [-0.1, -0.05) is 18.2 Å². The number of ether oxygens (including phenoxy) is 1. The van der Waals surface area contributed by atoms with Crippen LogP contribution in [-0.4, -0.2) is 26.1 Å². The summed E-state index contributed by atoms with van der Waals surface area (Å²) in [6.07, 6.45) is 1.54. The highest BCUT2D eigenvalue weighted by Crippen LogP contribution is 2.27. The van der Waals surface area contributed by atoms with Crippen molar-refractivity contribution in [2.24, 2.45) is 0 Å². The molecule has 0 fully saturated rings. The van der Waals surface area contributed by atoms with Crippen LogP contribution in [0.5, 0.6) is 5.75 Å². The highest BCUT2D eigenvalue weighted by molar-refractivity contribution is 6.09. The zero-order valence-corrected chi connectivity index (χ0v) is 15.3. The van der Waals surface area contributed by atoms with Crippen molar-refractivity contribution in [3.8, 4) is 11.8 Å². The van der Waals surface area contributed by atoms with Gasteiger partial charge in [0.15, 0.2) is 0 Å². The molecule has 2 rings (SSSR count). The van der Waals surface area contributed by atoms with Crippen molar-refractivity contribution in [3.05, 3.63) is 59.7 Å². The minimum absolute atomic E-state index is 0.0164. The van der Waals surface area contributed by atoms with Crippen LogP contribution in [0, 0.1) is 11.3 Å². The molecule has 0 atom stereocenters. The number of hydrogen-bond acceptors (Lipinski definition) is 4. The number of carbonyl (C=O) groups is 1. The summed E-state index contributed by atoms with van der Waals surface area (Å²) in [6.45, 7) is 5.95. The number of methoxy groups -OCH3 is 1. The molecular formula is C21H23N3O2. The number of hydrogen-bond donors (Lipinski definition) is 1. The largest absolute Gasteiger partial charge is 0.496 e. The zero-order valence-electron chi connectivity index (χ0n) is 15.3. The summed E-state index contributed by atoms with van der Waals surface area (Å²) in [5.41, 5.74) is 2.38. The molecule has 5 nitrogen and oxygen atoms in total. The van der Waals surface area contributed by atoms with Crippen molar-refractivity contribution in [3.63, 3.8) is 0 Å². The first-order valence-corrected chi connectivity index (χ1v) is 8.54. The Balaban J connectivity index is 2.30. The lowest BCUT2D eigenvalue weighted by atomic mass is 10.1. The average molecular weight is 349 g/mol. The fraction of sp³-hybridized carbons (Fsp3) is 0.238. The van der Waals surface area contributed by atoms with Crippen LogP contribution >= 0.6 is 0 Å². The molecule has 26 heavy (non-hydrogen) atoms. The van der Waals surface area contributed by atoms with Crippen molar-refractivity contribution >= 4 is 23.4 Å². The van der Waals surface area contributed by atoms with Gasteiger partial charge < -0.3 is 15.0 Å². The molecule has 1 amide bonds.